The van der Waals surface area contributed by atoms with Crippen molar-refractivity contribution in [2.24, 2.45) is 10.9 Å². The monoisotopic (exact) mass is 427 g/mol. The number of aliphatic imine (C=N–C) groups is 1. The zero-order chi connectivity index (χ0) is 21.0. The summed E-state index contributed by atoms with van der Waals surface area (Å²) in [5.41, 5.74) is 1.38. The third-order valence-corrected chi connectivity index (χ3v) is 5.11. The molecule has 2 atom stereocenters. The molecule has 2 rings (SSSR count). The predicted octanol–water partition coefficient (Wildman–Crippen LogP) is 3.68. The number of nitrogens with zero attached hydrogens (tertiary/aromatic N) is 1. The molecule has 28 heavy (non-hydrogen) atoms. The van der Waals surface area contributed by atoms with E-state index in [1.54, 1.807) is 32.0 Å². The Morgan fingerprint density at radius 1 is 1.14 bits per heavy atom. The normalized spacial score (nSPS) is 19.0. The number of allylic oxidation sites excluding steroid dienone is 1. The van der Waals surface area contributed by atoms with E-state index < -0.39 is 36.5 Å². The second-order valence-corrected chi connectivity index (χ2v) is 6.84. The van der Waals surface area contributed by atoms with E-state index >= 15 is 0 Å². The summed E-state index contributed by atoms with van der Waals surface area (Å²) in [4.78, 5) is 40.5. The minimum absolute atomic E-state index is 0.109. The van der Waals surface area contributed by atoms with Crippen molar-refractivity contribution in [3.05, 3.63) is 45.1 Å². The summed E-state index contributed by atoms with van der Waals surface area (Å²) < 4.78 is 14.6. The molecule has 9 heteroatoms. The van der Waals surface area contributed by atoms with E-state index in [0.29, 0.717) is 17.0 Å². The third kappa shape index (κ3) is 4.54. The summed E-state index contributed by atoms with van der Waals surface area (Å²) in [6.45, 7) is 3.91. The summed E-state index contributed by atoms with van der Waals surface area (Å²) in [7, 11) is 1.25. The van der Waals surface area contributed by atoms with Gasteiger partial charge in [-0.05, 0) is 25.5 Å². The molecule has 0 spiro atoms. The van der Waals surface area contributed by atoms with Gasteiger partial charge in [0.2, 0.25) is 6.79 Å². The Morgan fingerprint density at radius 2 is 1.82 bits per heavy atom. The van der Waals surface area contributed by atoms with Crippen LogP contribution in [0.2, 0.25) is 10.0 Å². The first-order chi connectivity index (χ1) is 13.2. The van der Waals surface area contributed by atoms with Crippen molar-refractivity contribution in [3.8, 4) is 0 Å². The standard InChI is InChI=1S/C19H19Cl2NO6/c1-9-14(18(24)26-4)16(12-6-5-7-13(20)17(12)21)15(10(2)22-9)19(25)28-8-27-11(3)23/h5-7,14,16H,8H2,1-4H3. The molecule has 0 bridgehead atoms. The number of hydrogen-bond donors (Lipinski definition) is 0. The number of carbonyl (C=O) groups is 3. The molecule has 2 unspecified atom stereocenters. The predicted molar refractivity (Wildman–Crippen MR) is 103 cm³/mol. The average molecular weight is 428 g/mol. The van der Waals surface area contributed by atoms with E-state index in [9.17, 15) is 14.4 Å². The van der Waals surface area contributed by atoms with Crippen LogP contribution in [0.4, 0.5) is 0 Å². The number of carbonyl (C=O) groups excluding carboxylic acids is 3. The maximum absolute atomic E-state index is 12.8. The third-order valence-electron chi connectivity index (χ3n) is 4.27. The summed E-state index contributed by atoms with van der Waals surface area (Å²) in [6, 6.07) is 4.93. The molecule has 1 aromatic rings. The lowest BCUT2D eigenvalue weighted by atomic mass is 9.75. The largest absolute Gasteiger partial charge is 0.468 e. The van der Waals surface area contributed by atoms with Crippen LogP contribution >= 0.6 is 23.2 Å². The molecule has 0 aromatic heterocycles. The Morgan fingerprint density at radius 3 is 2.43 bits per heavy atom. The fourth-order valence-electron chi connectivity index (χ4n) is 3.07. The van der Waals surface area contributed by atoms with E-state index in [2.05, 4.69) is 9.73 Å². The van der Waals surface area contributed by atoms with Gasteiger partial charge in [-0.15, -0.1) is 0 Å². The summed E-state index contributed by atoms with van der Waals surface area (Å²) in [5, 5.41) is 0.476. The highest BCUT2D eigenvalue weighted by Gasteiger charge is 2.43. The highest BCUT2D eigenvalue weighted by atomic mass is 35.5. The van der Waals surface area contributed by atoms with E-state index in [0.717, 1.165) is 0 Å². The van der Waals surface area contributed by atoms with Crippen LogP contribution in [0.5, 0.6) is 0 Å². The van der Waals surface area contributed by atoms with Gasteiger partial charge in [-0.3, -0.25) is 14.6 Å². The van der Waals surface area contributed by atoms with Gasteiger partial charge in [0.1, 0.15) is 5.92 Å². The van der Waals surface area contributed by atoms with E-state index in [1.165, 1.54) is 14.0 Å². The quantitative estimate of drug-likeness (QED) is 0.525. The van der Waals surface area contributed by atoms with Gasteiger partial charge < -0.3 is 14.2 Å². The minimum Gasteiger partial charge on any atom is -0.468 e. The second kappa shape index (κ2) is 9.21. The Kier molecular flexibility index (Phi) is 7.21. The first-order valence-corrected chi connectivity index (χ1v) is 9.02. The van der Waals surface area contributed by atoms with Crippen molar-refractivity contribution in [2.75, 3.05) is 13.9 Å². The molecule has 0 aliphatic carbocycles. The van der Waals surface area contributed by atoms with Crippen LogP contribution in [0, 0.1) is 5.92 Å². The Balaban J connectivity index is 2.58. The smallest absolute Gasteiger partial charge is 0.339 e. The van der Waals surface area contributed by atoms with Gasteiger partial charge in [-0.2, -0.15) is 0 Å². The van der Waals surface area contributed by atoms with Crippen molar-refractivity contribution in [2.45, 2.75) is 26.7 Å². The molecule has 1 aliphatic heterocycles. The van der Waals surface area contributed by atoms with Gasteiger partial charge in [0.15, 0.2) is 0 Å². The number of methoxy groups -OCH3 is 1. The first-order valence-electron chi connectivity index (χ1n) is 8.27. The highest BCUT2D eigenvalue weighted by molar-refractivity contribution is 6.42. The molecule has 150 valence electrons. The molecule has 1 heterocycles. The molecule has 0 amide bonds. The van der Waals surface area contributed by atoms with Crippen LogP contribution < -0.4 is 0 Å². The fraction of sp³-hybridized carbons (Fsp3) is 0.368. The molecular formula is C19H19Cl2NO6. The van der Waals surface area contributed by atoms with Crippen molar-refractivity contribution in [3.63, 3.8) is 0 Å². The van der Waals surface area contributed by atoms with Gasteiger partial charge in [0.25, 0.3) is 0 Å². The average Bonchev–Trinajstić information content (AvgIpc) is 2.62. The topological polar surface area (TPSA) is 91.3 Å². The second-order valence-electron chi connectivity index (χ2n) is 6.06. The SMILES string of the molecule is COC(=O)C1C(C)=NC(C)=C(C(=O)OCOC(C)=O)C1c1cccc(Cl)c1Cl. The summed E-state index contributed by atoms with van der Waals surface area (Å²) >= 11 is 12.5. The van der Waals surface area contributed by atoms with Crippen LogP contribution in [0.1, 0.15) is 32.3 Å². The number of rotatable bonds is 5. The molecule has 0 N–H and O–H groups in total. The van der Waals surface area contributed by atoms with Gasteiger partial charge in [-0.25, -0.2) is 4.79 Å². The van der Waals surface area contributed by atoms with Crippen molar-refractivity contribution in [1.82, 2.24) is 0 Å². The Hall–Kier alpha value is -2.38. The number of benzene rings is 1. The van der Waals surface area contributed by atoms with E-state index in [1.807, 2.05) is 0 Å². The molecule has 0 fully saturated rings. The van der Waals surface area contributed by atoms with Gasteiger partial charge in [-0.1, -0.05) is 35.3 Å². The summed E-state index contributed by atoms with van der Waals surface area (Å²) in [6.07, 6.45) is 0. The maximum Gasteiger partial charge on any atom is 0.339 e. The van der Waals surface area contributed by atoms with Crippen LogP contribution in [-0.4, -0.2) is 37.5 Å². The highest BCUT2D eigenvalue weighted by Crippen LogP contribution is 2.44. The van der Waals surface area contributed by atoms with Gasteiger partial charge >= 0.3 is 17.9 Å². The van der Waals surface area contributed by atoms with Crippen LogP contribution in [0.3, 0.4) is 0 Å². The lowest BCUT2D eigenvalue weighted by Gasteiger charge is -2.31. The molecule has 0 saturated heterocycles. The first kappa shape index (κ1) is 21.9. The molecule has 0 radical (unpaired) electrons. The number of halogens is 2. The number of hydrogen-bond acceptors (Lipinski definition) is 7. The van der Waals surface area contributed by atoms with E-state index in [-0.39, 0.29) is 15.6 Å². The van der Waals surface area contributed by atoms with Crippen molar-refractivity contribution < 1.29 is 28.6 Å². The Labute approximate surface area is 172 Å². The van der Waals surface area contributed by atoms with Crippen molar-refractivity contribution in [1.29, 1.82) is 0 Å². The summed E-state index contributed by atoms with van der Waals surface area (Å²) in [5.74, 6) is -3.70. The molecule has 1 aliphatic rings. The van der Waals surface area contributed by atoms with Gasteiger partial charge in [0.05, 0.1) is 22.7 Å². The molecule has 1 aromatic carbocycles. The molecular weight excluding hydrogens is 409 g/mol. The molecule has 0 saturated carbocycles. The van der Waals surface area contributed by atoms with Crippen LogP contribution in [0.25, 0.3) is 0 Å². The molecule has 7 nitrogen and oxygen atoms in total. The number of esters is 3. The lowest BCUT2D eigenvalue weighted by molar-refractivity contribution is -0.163. The fourth-order valence-corrected chi connectivity index (χ4v) is 3.50. The number of ether oxygens (including phenoxy) is 3. The lowest BCUT2D eigenvalue weighted by Crippen LogP contribution is -2.36. The van der Waals surface area contributed by atoms with E-state index in [4.69, 9.17) is 32.7 Å². The van der Waals surface area contributed by atoms with Crippen LogP contribution in [-0.2, 0) is 28.6 Å². The zero-order valence-corrected chi connectivity index (χ0v) is 17.3. The van der Waals surface area contributed by atoms with Crippen LogP contribution in [0.15, 0.2) is 34.5 Å². The maximum atomic E-state index is 12.8. The van der Waals surface area contributed by atoms with Gasteiger partial charge in [0, 0.05) is 24.3 Å². The zero-order valence-electron chi connectivity index (χ0n) is 15.7. The van der Waals surface area contributed by atoms with Crippen molar-refractivity contribution >= 4 is 46.8 Å². The minimum atomic E-state index is -0.902. The Bertz CT molecular complexity index is 877.